The lowest BCUT2D eigenvalue weighted by Gasteiger charge is -2.05. The van der Waals surface area contributed by atoms with E-state index in [2.05, 4.69) is 10.3 Å². The molecule has 7 heteroatoms. The van der Waals surface area contributed by atoms with Crippen LogP contribution in [0.2, 0.25) is 0 Å². The zero-order valence-corrected chi connectivity index (χ0v) is 14.4. The summed E-state index contributed by atoms with van der Waals surface area (Å²) < 4.78 is 5.80. The molecular weight excluding hydrogens is 332 g/mol. The lowest BCUT2D eigenvalue weighted by molar-refractivity contribution is -0.137. The quantitative estimate of drug-likeness (QED) is 0.631. The van der Waals surface area contributed by atoms with Crippen LogP contribution < -0.4 is 5.32 Å². The van der Waals surface area contributed by atoms with E-state index in [0.717, 1.165) is 27.9 Å². The maximum atomic E-state index is 11.9. The topological polar surface area (TPSA) is 67.8 Å². The number of thioether (sulfide) groups is 2. The van der Waals surface area contributed by atoms with E-state index in [1.165, 1.54) is 17.8 Å². The number of nitrogens with zero attached hydrogens (tertiary/aromatic N) is 1. The average molecular weight is 350 g/mol. The van der Waals surface area contributed by atoms with Gasteiger partial charge in [0.25, 0.3) is 0 Å². The minimum absolute atomic E-state index is 0.0555. The van der Waals surface area contributed by atoms with Crippen molar-refractivity contribution in [1.29, 1.82) is 0 Å². The molecule has 23 heavy (non-hydrogen) atoms. The summed E-state index contributed by atoms with van der Waals surface area (Å²) in [5.41, 5.74) is 1.59. The Morgan fingerprint density at radius 3 is 2.83 bits per heavy atom. The van der Waals surface area contributed by atoms with Crippen molar-refractivity contribution in [3.8, 4) is 0 Å². The van der Waals surface area contributed by atoms with Crippen LogP contribution in [0, 0.1) is 0 Å². The van der Waals surface area contributed by atoms with Crippen molar-refractivity contribution in [2.24, 2.45) is 4.99 Å². The molecule has 1 amide bonds. The van der Waals surface area contributed by atoms with Gasteiger partial charge in [-0.15, -0.1) is 0 Å². The van der Waals surface area contributed by atoms with Gasteiger partial charge in [-0.25, -0.2) is 4.79 Å². The number of anilines is 1. The van der Waals surface area contributed by atoms with Gasteiger partial charge in [-0.2, -0.15) is 0 Å². The smallest absolute Gasteiger partial charge is 0.330 e. The zero-order valence-electron chi connectivity index (χ0n) is 12.8. The zero-order chi connectivity index (χ0) is 16.5. The third kappa shape index (κ3) is 6.50. The van der Waals surface area contributed by atoms with Gasteiger partial charge >= 0.3 is 5.97 Å². The van der Waals surface area contributed by atoms with Crippen LogP contribution in [0.3, 0.4) is 0 Å². The molecule has 1 aromatic rings. The van der Waals surface area contributed by atoms with Gasteiger partial charge in [0, 0.05) is 17.5 Å². The van der Waals surface area contributed by atoms with Crippen molar-refractivity contribution < 1.29 is 14.3 Å². The first-order valence-electron chi connectivity index (χ1n) is 7.22. The number of rotatable bonds is 6. The van der Waals surface area contributed by atoms with E-state index >= 15 is 0 Å². The van der Waals surface area contributed by atoms with Crippen molar-refractivity contribution in [1.82, 2.24) is 0 Å². The number of carbonyl (C=O) groups is 2. The molecule has 0 aromatic heterocycles. The molecule has 0 saturated carbocycles. The molecule has 0 fully saturated rings. The highest BCUT2D eigenvalue weighted by molar-refractivity contribution is 8.39. The molecule has 2 rings (SSSR count). The molecule has 1 aromatic carbocycles. The Kier molecular flexibility index (Phi) is 7.22. The molecule has 1 aliphatic heterocycles. The van der Waals surface area contributed by atoms with Crippen LogP contribution in [0.25, 0.3) is 6.08 Å². The van der Waals surface area contributed by atoms with Crippen LogP contribution in [0.15, 0.2) is 35.3 Å². The molecule has 1 N–H and O–H groups in total. The lowest BCUT2D eigenvalue weighted by atomic mass is 10.2. The molecule has 0 atom stereocenters. The van der Waals surface area contributed by atoms with E-state index in [0.29, 0.717) is 12.4 Å². The molecule has 0 spiro atoms. The first-order chi connectivity index (χ1) is 11.2. The van der Waals surface area contributed by atoms with Crippen LogP contribution in [0.1, 0.15) is 12.5 Å². The van der Waals surface area contributed by atoms with Gasteiger partial charge < -0.3 is 10.1 Å². The number of hydrogen-bond donors (Lipinski definition) is 1. The fourth-order valence-corrected chi connectivity index (χ4v) is 3.57. The highest BCUT2D eigenvalue weighted by Gasteiger charge is 2.10. The standard InChI is InChI=1S/C16H18N2O3S2/c1-2-21-15(20)8-5-12-3-6-13(7-4-12)18-14(19)11-23-16-17-9-10-22-16/h3-8H,2,9-11H2,1H3,(H,18,19). The molecule has 0 unspecified atom stereocenters. The Morgan fingerprint density at radius 1 is 1.39 bits per heavy atom. The van der Waals surface area contributed by atoms with Gasteiger partial charge in [0.1, 0.15) is 4.38 Å². The summed E-state index contributed by atoms with van der Waals surface area (Å²) in [5, 5.41) is 2.84. The Balaban J connectivity index is 1.79. The first kappa shape index (κ1) is 17.6. The van der Waals surface area contributed by atoms with Crippen LogP contribution >= 0.6 is 23.5 Å². The third-order valence-corrected chi connectivity index (χ3v) is 5.03. The van der Waals surface area contributed by atoms with Gasteiger partial charge in [-0.05, 0) is 30.7 Å². The molecule has 0 bridgehead atoms. The second-order valence-electron chi connectivity index (χ2n) is 4.54. The molecule has 0 radical (unpaired) electrons. The van der Waals surface area contributed by atoms with Crippen molar-refractivity contribution in [3.63, 3.8) is 0 Å². The van der Waals surface area contributed by atoms with Gasteiger partial charge in [-0.3, -0.25) is 9.79 Å². The first-order valence-corrected chi connectivity index (χ1v) is 9.19. The maximum Gasteiger partial charge on any atom is 0.330 e. The summed E-state index contributed by atoms with van der Waals surface area (Å²) in [7, 11) is 0. The monoisotopic (exact) mass is 350 g/mol. The Labute approximate surface area is 144 Å². The normalized spacial score (nSPS) is 13.9. The minimum atomic E-state index is -0.366. The summed E-state index contributed by atoms with van der Waals surface area (Å²) in [6.07, 6.45) is 3.06. The summed E-state index contributed by atoms with van der Waals surface area (Å²) >= 11 is 3.16. The largest absolute Gasteiger partial charge is 0.463 e. The Bertz CT molecular complexity index is 612. The predicted molar refractivity (Wildman–Crippen MR) is 98.0 cm³/mol. The molecule has 1 aliphatic rings. The second-order valence-corrected chi connectivity index (χ2v) is 6.85. The van der Waals surface area contributed by atoms with Gasteiger partial charge in [0.2, 0.25) is 5.91 Å². The predicted octanol–water partition coefficient (Wildman–Crippen LogP) is 3.04. The van der Waals surface area contributed by atoms with E-state index in [1.807, 2.05) is 12.1 Å². The SMILES string of the molecule is CCOC(=O)C=Cc1ccc(NC(=O)CSC2=NCCS2)cc1. The van der Waals surface area contributed by atoms with Crippen molar-refractivity contribution >= 4 is 51.5 Å². The van der Waals surface area contributed by atoms with Crippen LogP contribution in [-0.4, -0.2) is 40.9 Å². The van der Waals surface area contributed by atoms with Crippen molar-refractivity contribution in [3.05, 3.63) is 35.9 Å². The number of hydrogen-bond acceptors (Lipinski definition) is 6. The molecular formula is C16H18N2O3S2. The number of amides is 1. The lowest BCUT2D eigenvalue weighted by Crippen LogP contribution is -2.14. The van der Waals surface area contributed by atoms with Gasteiger partial charge in [0.05, 0.1) is 18.9 Å². The van der Waals surface area contributed by atoms with E-state index in [9.17, 15) is 9.59 Å². The van der Waals surface area contributed by atoms with Crippen molar-refractivity contribution in [2.45, 2.75) is 6.92 Å². The number of esters is 1. The summed E-state index contributed by atoms with van der Waals surface area (Å²) in [6, 6.07) is 7.26. The Hall–Kier alpha value is -1.73. The minimum Gasteiger partial charge on any atom is -0.463 e. The molecule has 0 saturated heterocycles. The van der Waals surface area contributed by atoms with Crippen LogP contribution in [-0.2, 0) is 14.3 Å². The molecule has 5 nitrogen and oxygen atoms in total. The van der Waals surface area contributed by atoms with E-state index in [1.54, 1.807) is 36.9 Å². The van der Waals surface area contributed by atoms with E-state index in [4.69, 9.17) is 4.74 Å². The molecule has 1 heterocycles. The van der Waals surface area contributed by atoms with Gasteiger partial charge in [0.15, 0.2) is 0 Å². The van der Waals surface area contributed by atoms with Crippen LogP contribution in [0.4, 0.5) is 5.69 Å². The molecule has 122 valence electrons. The van der Waals surface area contributed by atoms with E-state index < -0.39 is 0 Å². The highest BCUT2D eigenvalue weighted by atomic mass is 32.2. The maximum absolute atomic E-state index is 11.9. The number of nitrogens with one attached hydrogen (secondary N) is 1. The number of carbonyl (C=O) groups excluding carboxylic acids is 2. The van der Waals surface area contributed by atoms with Crippen LogP contribution in [0.5, 0.6) is 0 Å². The van der Waals surface area contributed by atoms with Gasteiger partial charge in [-0.1, -0.05) is 35.7 Å². The fourth-order valence-electron chi connectivity index (χ4n) is 1.76. The fraction of sp³-hybridized carbons (Fsp3) is 0.312. The summed E-state index contributed by atoms with van der Waals surface area (Å²) in [4.78, 5) is 27.4. The van der Waals surface area contributed by atoms with Crippen molar-refractivity contribution in [2.75, 3.05) is 30.0 Å². The molecule has 0 aliphatic carbocycles. The number of benzene rings is 1. The summed E-state index contributed by atoms with van der Waals surface area (Å²) in [5.74, 6) is 0.941. The average Bonchev–Trinajstić information content (AvgIpc) is 3.06. The summed E-state index contributed by atoms with van der Waals surface area (Å²) in [6.45, 7) is 2.96. The van der Waals surface area contributed by atoms with E-state index in [-0.39, 0.29) is 11.9 Å². The highest BCUT2D eigenvalue weighted by Crippen LogP contribution is 2.22. The third-order valence-electron chi connectivity index (χ3n) is 2.78. The Morgan fingerprint density at radius 2 is 2.17 bits per heavy atom. The number of ether oxygens (including phenoxy) is 1. The number of aliphatic imine (C=N–C) groups is 1. The second kappa shape index (κ2) is 9.42.